The van der Waals surface area contributed by atoms with Gasteiger partial charge in [0.2, 0.25) is 0 Å². The van der Waals surface area contributed by atoms with Gasteiger partial charge in [0, 0.05) is 0 Å². The SMILES string of the molecule is CC(C)(C)C(=O)OCC1=CC(O)[C@H]2C[C@@H]1C2(C)C. The average molecular weight is 252 g/mol. The quantitative estimate of drug-likeness (QED) is 0.607. The molecule has 0 amide bonds. The number of esters is 1. The maximum Gasteiger partial charge on any atom is 0.311 e. The first-order valence-corrected chi connectivity index (χ1v) is 6.70. The third-order valence-electron chi connectivity index (χ3n) is 4.57. The van der Waals surface area contributed by atoms with E-state index in [0.717, 1.165) is 12.0 Å². The van der Waals surface area contributed by atoms with Gasteiger partial charge in [0.05, 0.1) is 11.5 Å². The van der Waals surface area contributed by atoms with Crippen LogP contribution < -0.4 is 0 Å². The summed E-state index contributed by atoms with van der Waals surface area (Å²) in [6.07, 6.45) is 2.53. The molecule has 3 aliphatic rings. The zero-order chi connectivity index (χ0) is 13.7. The van der Waals surface area contributed by atoms with Crippen molar-refractivity contribution in [2.24, 2.45) is 22.7 Å². The van der Waals surface area contributed by atoms with E-state index in [2.05, 4.69) is 13.8 Å². The molecule has 1 saturated carbocycles. The Hall–Kier alpha value is -0.830. The molecule has 0 aromatic carbocycles. The lowest BCUT2D eigenvalue weighted by Crippen LogP contribution is -2.54. The molecule has 1 N–H and O–H groups in total. The third-order valence-corrected chi connectivity index (χ3v) is 4.57. The number of rotatable bonds is 2. The molecule has 2 bridgehead atoms. The molecule has 3 atom stereocenters. The molecule has 1 unspecified atom stereocenters. The van der Waals surface area contributed by atoms with E-state index < -0.39 is 5.41 Å². The Kier molecular flexibility index (Phi) is 3.09. The highest BCUT2D eigenvalue weighted by molar-refractivity contribution is 5.75. The van der Waals surface area contributed by atoms with Gasteiger partial charge in [0.25, 0.3) is 0 Å². The van der Waals surface area contributed by atoms with Gasteiger partial charge in [-0.05, 0) is 50.0 Å². The van der Waals surface area contributed by atoms with Gasteiger partial charge < -0.3 is 9.84 Å². The predicted molar refractivity (Wildman–Crippen MR) is 69.9 cm³/mol. The summed E-state index contributed by atoms with van der Waals surface area (Å²) in [5.41, 5.74) is 0.760. The zero-order valence-electron chi connectivity index (χ0n) is 12.0. The Morgan fingerprint density at radius 1 is 1.50 bits per heavy atom. The van der Waals surface area contributed by atoms with Gasteiger partial charge in [-0.25, -0.2) is 0 Å². The largest absolute Gasteiger partial charge is 0.461 e. The Morgan fingerprint density at radius 3 is 2.56 bits per heavy atom. The minimum absolute atomic E-state index is 0.137. The summed E-state index contributed by atoms with van der Waals surface area (Å²) in [4.78, 5) is 11.8. The van der Waals surface area contributed by atoms with Crippen LogP contribution in [0.2, 0.25) is 0 Å². The number of aliphatic hydroxyl groups excluding tert-OH is 1. The van der Waals surface area contributed by atoms with Crippen LogP contribution in [0.15, 0.2) is 11.6 Å². The molecule has 0 spiro atoms. The number of aliphatic hydroxyl groups is 1. The van der Waals surface area contributed by atoms with Gasteiger partial charge in [-0.2, -0.15) is 0 Å². The first kappa shape index (κ1) is 13.6. The highest BCUT2D eigenvalue weighted by Gasteiger charge is 2.55. The van der Waals surface area contributed by atoms with E-state index in [4.69, 9.17) is 4.74 Å². The highest BCUT2D eigenvalue weighted by atomic mass is 16.5. The first-order chi connectivity index (χ1) is 8.14. The number of hydrogen-bond donors (Lipinski definition) is 1. The van der Waals surface area contributed by atoms with E-state index in [0.29, 0.717) is 18.4 Å². The van der Waals surface area contributed by atoms with Gasteiger partial charge in [0.15, 0.2) is 0 Å². The standard InChI is InChI=1S/C15H24O3/c1-14(2,3)13(17)18-8-9-6-12(16)11-7-10(9)15(11,4)5/h6,10-12,16H,7-8H2,1-5H3/t10-,11+,12?/m0/s1. The van der Waals surface area contributed by atoms with Gasteiger partial charge >= 0.3 is 5.97 Å². The molecule has 3 heteroatoms. The van der Waals surface area contributed by atoms with Gasteiger partial charge in [0.1, 0.15) is 6.61 Å². The zero-order valence-corrected chi connectivity index (χ0v) is 12.0. The monoisotopic (exact) mass is 252 g/mol. The number of carbonyl (C=O) groups excluding carboxylic acids is 1. The van der Waals surface area contributed by atoms with Crippen molar-refractivity contribution in [3.8, 4) is 0 Å². The summed E-state index contributed by atoms with van der Waals surface area (Å²) in [7, 11) is 0. The van der Waals surface area contributed by atoms with E-state index in [1.165, 1.54) is 0 Å². The van der Waals surface area contributed by atoms with Crippen molar-refractivity contribution in [2.75, 3.05) is 6.61 Å². The molecule has 1 fully saturated rings. The number of carbonyl (C=O) groups is 1. The van der Waals surface area contributed by atoms with Gasteiger partial charge in [-0.3, -0.25) is 4.79 Å². The number of hydrogen-bond acceptors (Lipinski definition) is 3. The lowest BCUT2D eigenvalue weighted by Gasteiger charge is -2.58. The summed E-state index contributed by atoms with van der Waals surface area (Å²) in [5.74, 6) is 0.639. The molecule has 102 valence electrons. The van der Waals surface area contributed by atoms with E-state index in [1.807, 2.05) is 26.8 Å². The van der Waals surface area contributed by atoms with Crippen LogP contribution >= 0.6 is 0 Å². The smallest absolute Gasteiger partial charge is 0.311 e. The Labute approximate surface area is 109 Å². The second-order valence-corrected chi connectivity index (χ2v) is 7.27. The predicted octanol–water partition coefficient (Wildman–Crippen LogP) is 2.54. The van der Waals surface area contributed by atoms with E-state index in [-0.39, 0.29) is 17.5 Å². The number of fused-ring (bicyclic) bond motifs is 1. The molecule has 3 rings (SSSR count). The van der Waals surface area contributed by atoms with Crippen molar-refractivity contribution in [1.29, 1.82) is 0 Å². The van der Waals surface area contributed by atoms with Crippen molar-refractivity contribution >= 4 is 5.97 Å². The Bertz CT molecular complexity index is 387. The van der Waals surface area contributed by atoms with E-state index >= 15 is 0 Å². The fraction of sp³-hybridized carbons (Fsp3) is 0.800. The summed E-state index contributed by atoms with van der Waals surface area (Å²) >= 11 is 0. The van der Waals surface area contributed by atoms with Crippen molar-refractivity contribution in [3.63, 3.8) is 0 Å². The molecule has 0 saturated heterocycles. The lowest BCUT2D eigenvalue weighted by atomic mass is 9.48. The second kappa shape index (κ2) is 4.09. The molecule has 0 radical (unpaired) electrons. The molecule has 0 aromatic heterocycles. The van der Waals surface area contributed by atoms with Crippen LogP contribution in [0.25, 0.3) is 0 Å². The molecular formula is C15H24O3. The molecule has 0 aliphatic heterocycles. The number of ether oxygens (including phenoxy) is 1. The van der Waals surface area contributed by atoms with Crippen LogP contribution in [-0.2, 0) is 9.53 Å². The first-order valence-electron chi connectivity index (χ1n) is 6.70. The van der Waals surface area contributed by atoms with Crippen molar-refractivity contribution < 1.29 is 14.6 Å². The van der Waals surface area contributed by atoms with Crippen molar-refractivity contribution in [3.05, 3.63) is 11.6 Å². The third kappa shape index (κ3) is 2.09. The maximum absolute atomic E-state index is 11.8. The Balaban J connectivity index is 2.01. The fourth-order valence-electron chi connectivity index (χ4n) is 3.13. The van der Waals surface area contributed by atoms with Gasteiger partial charge in [-0.15, -0.1) is 0 Å². The summed E-state index contributed by atoms with van der Waals surface area (Å²) in [6, 6.07) is 0. The van der Waals surface area contributed by atoms with Gasteiger partial charge in [-0.1, -0.05) is 19.9 Å². The van der Waals surface area contributed by atoms with Crippen LogP contribution in [0.4, 0.5) is 0 Å². The molecule has 3 aliphatic carbocycles. The summed E-state index contributed by atoms with van der Waals surface area (Å²) < 4.78 is 5.36. The van der Waals surface area contributed by atoms with E-state index in [1.54, 1.807) is 0 Å². The van der Waals surface area contributed by atoms with Crippen LogP contribution in [0, 0.1) is 22.7 Å². The lowest BCUT2D eigenvalue weighted by molar-refractivity contribution is -0.153. The Morgan fingerprint density at radius 2 is 2.11 bits per heavy atom. The fourth-order valence-corrected chi connectivity index (χ4v) is 3.13. The maximum atomic E-state index is 11.8. The second-order valence-electron chi connectivity index (χ2n) is 7.27. The highest BCUT2D eigenvalue weighted by Crippen LogP contribution is 2.59. The minimum Gasteiger partial charge on any atom is -0.461 e. The average Bonchev–Trinajstić information content (AvgIpc) is 2.23. The molecule has 3 nitrogen and oxygen atoms in total. The molecular weight excluding hydrogens is 228 g/mol. The van der Waals surface area contributed by atoms with E-state index in [9.17, 15) is 9.90 Å². The summed E-state index contributed by atoms with van der Waals surface area (Å²) in [6.45, 7) is 10.3. The normalized spacial score (nSPS) is 33.4. The van der Waals surface area contributed by atoms with Crippen LogP contribution in [0.3, 0.4) is 0 Å². The van der Waals surface area contributed by atoms with Crippen LogP contribution in [0.5, 0.6) is 0 Å². The molecule has 0 aromatic rings. The summed E-state index contributed by atoms with van der Waals surface area (Å²) in [5, 5.41) is 10.0. The van der Waals surface area contributed by atoms with Crippen molar-refractivity contribution in [1.82, 2.24) is 0 Å². The van der Waals surface area contributed by atoms with Crippen LogP contribution in [0.1, 0.15) is 41.0 Å². The molecule has 0 heterocycles. The van der Waals surface area contributed by atoms with Crippen LogP contribution in [-0.4, -0.2) is 23.8 Å². The molecule has 18 heavy (non-hydrogen) atoms. The topological polar surface area (TPSA) is 46.5 Å². The van der Waals surface area contributed by atoms with Crippen molar-refractivity contribution in [2.45, 2.75) is 47.1 Å². The minimum atomic E-state index is -0.467.